The van der Waals surface area contributed by atoms with Gasteiger partial charge in [-0.1, -0.05) is 0 Å². The fourth-order valence-corrected chi connectivity index (χ4v) is 1.85. The molecule has 2 aromatic rings. The number of ether oxygens (including phenoxy) is 1. The molecule has 0 spiro atoms. The molecular weight excluding hydrogens is 276 g/mol. The number of benzene rings is 1. The fraction of sp³-hybridized carbons (Fsp3) is 0.214. The highest BCUT2D eigenvalue weighted by Crippen LogP contribution is 2.13. The summed E-state index contributed by atoms with van der Waals surface area (Å²) in [6, 6.07) is 6.67. The topological polar surface area (TPSA) is 90.5 Å². The lowest BCUT2D eigenvalue weighted by Crippen LogP contribution is -2.40. The average molecular weight is 290 g/mol. The molecule has 0 fully saturated rings. The van der Waals surface area contributed by atoms with Gasteiger partial charge in [0.25, 0.3) is 0 Å². The van der Waals surface area contributed by atoms with Crippen LogP contribution in [0.2, 0.25) is 0 Å². The molecule has 0 saturated carbocycles. The third-order valence-electron chi connectivity index (χ3n) is 2.79. The molecule has 0 saturated heterocycles. The summed E-state index contributed by atoms with van der Waals surface area (Å²) in [6.07, 6.45) is 2.64. The van der Waals surface area contributed by atoms with Crippen molar-refractivity contribution in [1.82, 2.24) is 9.13 Å². The predicted octanol–water partition coefficient (Wildman–Crippen LogP) is 0.482. The first-order chi connectivity index (χ1) is 10.0. The minimum absolute atomic E-state index is 0.503. The van der Waals surface area contributed by atoms with E-state index >= 15 is 0 Å². The number of carbonyl (C=O) groups is 1. The van der Waals surface area contributed by atoms with Gasteiger partial charge in [0.05, 0.1) is 6.61 Å². The number of carboxylic acid groups (broad SMARTS) is 1. The van der Waals surface area contributed by atoms with E-state index in [0.29, 0.717) is 18.0 Å². The van der Waals surface area contributed by atoms with Gasteiger partial charge in [-0.25, -0.2) is 0 Å². The molecule has 1 aromatic heterocycles. The minimum atomic E-state index is -1.18. The SMILES string of the molecule is CCOc1ccc(-n2ccn(CC(=O)O)c(=O)c2=O)cc1. The first-order valence-corrected chi connectivity index (χ1v) is 6.30. The molecule has 1 heterocycles. The van der Waals surface area contributed by atoms with E-state index in [1.807, 2.05) is 6.92 Å². The minimum Gasteiger partial charge on any atom is -0.494 e. The molecule has 21 heavy (non-hydrogen) atoms. The summed E-state index contributed by atoms with van der Waals surface area (Å²) in [7, 11) is 0. The van der Waals surface area contributed by atoms with E-state index in [1.54, 1.807) is 24.3 Å². The quantitative estimate of drug-likeness (QED) is 0.809. The molecule has 0 amide bonds. The standard InChI is InChI=1S/C14H14N2O5/c1-2-21-11-5-3-10(4-6-11)16-8-7-15(9-12(17)18)13(19)14(16)20/h3-8H,2,9H2,1H3,(H,17,18). The van der Waals surface area contributed by atoms with Crippen molar-refractivity contribution in [2.24, 2.45) is 0 Å². The predicted molar refractivity (Wildman–Crippen MR) is 75.1 cm³/mol. The van der Waals surface area contributed by atoms with E-state index in [2.05, 4.69) is 0 Å². The molecule has 7 heteroatoms. The maximum absolute atomic E-state index is 12.0. The van der Waals surface area contributed by atoms with Crippen LogP contribution in [0.15, 0.2) is 46.2 Å². The first-order valence-electron chi connectivity index (χ1n) is 6.30. The zero-order valence-electron chi connectivity index (χ0n) is 11.4. The van der Waals surface area contributed by atoms with Gasteiger partial charge in [-0.2, -0.15) is 0 Å². The number of aliphatic carboxylic acids is 1. The summed E-state index contributed by atoms with van der Waals surface area (Å²) >= 11 is 0. The van der Waals surface area contributed by atoms with Gasteiger partial charge >= 0.3 is 17.1 Å². The van der Waals surface area contributed by atoms with Crippen LogP contribution in [0.4, 0.5) is 0 Å². The third-order valence-corrected chi connectivity index (χ3v) is 2.79. The highest BCUT2D eigenvalue weighted by atomic mass is 16.5. The van der Waals surface area contributed by atoms with Crippen molar-refractivity contribution in [1.29, 1.82) is 0 Å². The summed E-state index contributed by atoms with van der Waals surface area (Å²) in [4.78, 5) is 34.4. The van der Waals surface area contributed by atoms with E-state index in [0.717, 1.165) is 9.13 Å². The van der Waals surface area contributed by atoms with E-state index in [9.17, 15) is 14.4 Å². The molecule has 0 aliphatic carbocycles. The van der Waals surface area contributed by atoms with Crippen molar-refractivity contribution in [3.8, 4) is 11.4 Å². The molecule has 2 rings (SSSR count). The van der Waals surface area contributed by atoms with Crippen molar-refractivity contribution < 1.29 is 14.6 Å². The Hall–Kier alpha value is -2.83. The van der Waals surface area contributed by atoms with Crippen molar-refractivity contribution >= 4 is 5.97 Å². The van der Waals surface area contributed by atoms with Gasteiger partial charge in [-0.3, -0.25) is 23.5 Å². The van der Waals surface area contributed by atoms with Crippen LogP contribution in [-0.2, 0) is 11.3 Å². The van der Waals surface area contributed by atoms with Gasteiger partial charge in [0.2, 0.25) is 0 Å². The molecule has 7 nitrogen and oxygen atoms in total. The molecule has 0 unspecified atom stereocenters. The normalized spacial score (nSPS) is 10.3. The van der Waals surface area contributed by atoms with E-state index in [-0.39, 0.29) is 0 Å². The molecule has 1 N–H and O–H groups in total. The van der Waals surface area contributed by atoms with Gasteiger partial charge in [0.1, 0.15) is 12.3 Å². The Morgan fingerprint density at radius 1 is 1.14 bits per heavy atom. The van der Waals surface area contributed by atoms with Crippen molar-refractivity contribution in [2.45, 2.75) is 13.5 Å². The summed E-state index contributed by atoms with van der Waals surface area (Å²) in [5, 5.41) is 8.67. The lowest BCUT2D eigenvalue weighted by molar-refractivity contribution is -0.137. The largest absolute Gasteiger partial charge is 0.494 e. The number of hydrogen-bond acceptors (Lipinski definition) is 4. The Morgan fingerprint density at radius 3 is 2.38 bits per heavy atom. The van der Waals surface area contributed by atoms with E-state index in [4.69, 9.17) is 9.84 Å². The third kappa shape index (κ3) is 3.19. The molecule has 110 valence electrons. The maximum Gasteiger partial charge on any atom is 0.323 e. The average Bonchev–Trinajstić information content (AvgIpc) is 2.45. The van der Waals surface area contributed by atoms with Gasteiger partial charge < -0.3 is 9.84 Å². The van der Waals surface area contributed by atoms with Crippen LogP contribution in [0.5, 0.6) is 5.75 Å². The Kier molecular flexibility index (Phi) is 4.22. The van der Waals surface area contributed by atoms with Crippen LogP contribution in [0.1, 0.15) is 6.92 Å². The van der Waals surface area contributed by atoms with Gasteiger partial charge in [-0.15, -0.1) is 0 Å². The van der Waals surface area contributed by atoms with Gasteiger partial charge in [-0.05, 0) is 31.2 Å². The monoisotopic (exact) mass is 290 g/mol. The van der Waals surface area contributed by atoms with Gasteiger partial charge in [0, 0.05) is 18.1 Å². The Morgan fingerprint density at radius 2 is 1.81 bits per heavy atom. The summed E-state index contributed by atoms with van der Waals surface area (Å²) in [5.41, 5.74) is -1.18. The van der Waals surface area contributed by atoms with Crippen LogP contribution in [0, 0.1) is 0 Å². The number of hydrogen-bond donors (Lipinski definition) is 1. The van der Waals surface area contributed by atoms with E-state index < -0.39 is 23.6 Å². The van der Waals surface area contributed by atoms with Crippen LogP contribution in [-0.4, -0.2) is 26.8 Å². The molecular formula is C14H14N2O5. The lowest BCUT2D eigenvalue weighted by Gasteiger charge is -2.08. The molecule has 0 radical (unpaired) electrons. The van der Waals surface area contributed by atoms with Crippen LogP contribution >= 0.6 is 0 Å². The Balaban J connectivity index is 2.41. The smallest absolute Gasteiger partial charge is 0.323 e. The Labute approximate surface area is 119 Å². The number of carboxylic acids is 1. The number of aromatic nitrogens is 2. The van der Waals surface area contributed by atoms with E-state index in [1.165, 1.54) is 12.4 Å². The summed E-state index contributed by atoms with van der Waals surface area (Å²) in [5.74, 6) is -0.524. The molecule has 0 bridgehead atoms. The fourth-order valence-electron chi connectivity index (χ4n) is 1.85. The number of rotatable bonds is 5. The lowest BCUT2D eigenvalue weighted by atomic mass is 10.3. The zero-order chi connectivity index (χ0) is 15.4. The summed E-state index contributed by atoms with van der Waals surface area (Å²) < 4.78 is 7.32. The van der Waals surface area contributed by atoms with Crippen LogP contribution in [0.3, 0.4) is 0 Å². The first kappa shape index (κ1) is 14.6. The van der Waals surface area contributed by atoms with Crippen LogP contribution < -0.4 is 15.9 Å². The second-order valence-corrected chi connectivity index (χ2v) is 4.23. The van der Waals surface area contributed by atoms with Crippen LogP contribution in [0.25, 0.3) is 5.69 Å². The second kappa shape index (κ2) is 6.08. The molecule has 0 atom stereocenters. The second-order valence-electron chi connectivity index (χ2n) is 4.23. The summed E-state index contributed by atoms with van der Waals surface area (Å²) in [6.45, 7) is 1.85. The van der Waals surface area contributed by atoms with Gasteiger partial charge in [0.15, 0.2) is 0 Å². The Bertz CT molecular complexity index is 758. The highest BCUT2D eigenvalue weighted by molar-refractivity contribution is 5.66. The van der Waals surface area contributed by atoms with Crippen molar-refractivity contribution in [2.75, 3.05) is 6.61 Å². The molecule has 0 aliphatic rings. The molecule has 1 aromatic carbocycles. The highest BCUT2D eigenvalue weighted by Gasteiger charge is 2.09. The number of nitrogens with zero attached hydrogens (tertiary/aromatic N) is 2. The maximum atomic E-state index is 12.0. The van der Waals surface area contributed by atoms with Crippen molar-refractivity contribution in [3.63, 3.8) is 0 Å². The van der Waals surface area contributed by atoms with Crippen molar-refractivity contribution in [3.05, 3.63) is 57.4 Å². The zero-order valence-corrected chi connectivity index (χ0v) is 11.4. The molecule has 0 aliphatic heterocycles.